The molecular formula is C11H10F2N2S. The molecule has 2 N–H and O–H groups in total. The van der Waals surface area contributed by atoms with Gasteiger partial charge in [0.1, 0.15) is 16.6 Å². The van der Waals surface area contributed by atoms with Crippen molar-refractivity contribution >= 4 is 11.3 Å². The third kappa shape index (κ3) is 1.96. The molecule has 0 aliphatic carbocycles. The number of thiazole rings is 1. The number of benzene rings is 1. The van der Waals surface area contributed by atoms with Gasteiger partial charge in [-0.15, -0.1) is 11.3 Å². The molecule has 0 bridgehead atoms. The second-order valence-corrected chi connectivity index (χ2v) is 4.69. The molecule has 0 amide bonds. The molecule has 16 heavy (non-hydrogen) atoms. The van der Waals surface area contributed by atoms with Crippen LogP contribution in [0.1, 0.15) is 21.5 Å². The fourth-order valence-corrected chi connectivity index (χ4v) is 2.23. The lowest BCUT2D eigenvalue weighted by molar-refractivity contribution is 0.543. The van der Waals surface area contributed by atoms with Crippen LogP contribution in [0.25, 0.3) is 0 Å². The third-order valence-corrected chi connectivity index (χ3v) is 3.21. The Morgan fingerprint density at radius 1 is 1.31 bits per heavy atom. The Morgan fingerprint density at radius 2 is 1.94 bits per heavy atom. The Hall–Kier alpha value is -1.33. The molecule has 0 spiro atoms. The summed E-state index contributed by atoms with van der Waals surface area (Å²) in [6.07, 6.45) is 1.64. The van der Waals surface area contributed by atoms with Crippen molar-refractivity contribution in [1.82, 2.24) is 4.98 Å². The lowest BCUT2D eigenvalue weighted by atomic mass is 10.1. The Kier molecular flexibility index (Phi) is 2.98. The van der Waals surface area contributed by atoms with Crippen LogP contribution < -0.4 is 5.73 Å². The standard InChI is InChI=1S/C11H10F2N2S/c1-6-5-15-11(16-6)10(14)9-7(12)3-2-4-8(9)13/h2-5,10H,14H2,1H3. The van der Waals surface area contributed by atoms with Crippen molar-refractivity contribution in [3.8, 4) is 0 Å². The summed E-state index contributed by atoms with van der Waals surface area (Å²) < 4.78 is 26.9. The van der Waals surface area contributed by atoms with E-state index in [0.717, 1.165) is 4.88 Å². The largest absolute Gasteiger partial charge is 0.318 e. The Bertz CT molecular complexity index is 490. The molecule has 1 aromatic heterocycles. The SMILES string of the molecule is Cc1cnc(C(N)c2c(F)cccc2F)s1. The van der Waals surface area contributed by atoms with Crippen LogP contribution in [0.5, 0.6) is 0 Å². The molecule has 1 atom stereocenters. The Labute approximate surface area is 95.7 Å². The van der Waals surface area contributed by atoms with Gasteiger partial charge in [-0.2, -0.15) is 0 Å². The monoisotopic (exact) mass is 240 g/mol. The predicted molar refractivity (Wildman–Crippen MR) is 59.2 cm³/mol. The molecule has 2 nitrogen and oxygen atoms in total. The molecule has 1 heterocycles. The van der Waals surface area contributed by atoms with Crippen molar-refractivity contribution in [3.63, 3.8) is 0 Å². The summed E-state index contributed by atoms with van der Waals surface area (Å²) >= 11 is 1.34. The van der Waals surface area contributed by atoms with Gasteiger partial charge in [-0.05, 0) is 19.1 Å². The zero-order chi connectivity index (χ0) is 11.7. The number of nitrogens with zero attached hydrogens (tertiary/aromatic N) is 1. The molecule has 5 heteroatoms. The molecule has 0 radical (unpaired) electrons. The third-order valence-electron chi connectivity index (χ3n) is 2.22. The minimum absolute atomic E-state index is 0.128. The highest BCUT2D eigenvalue weighted by molar-refractivity contribution is 7.11. The summed E-state index contributed by atoms with van der Waals surface area (Å²) in [4.78, 5) is 4.99. The van der Waals surface area contributed by atoms with E-state index in [0.29, 0.717) is 5.01 Å². The Balaban J connectivity index is 2.45. The normalized spacial score (nSPS) is 12.8. The lowest BCUT2D eigenvalue weighted by Crippen LogP contribution is -2.15. The number of hydrogen-bond acceptors (Lipinski definition) is 3. The summed E-state index contributed by atoms with van der Waals surface area (Å²) in [5, 5.41) is 0.515. The van der Waals surface area contributed by atoms with Crippen LogP contribution in [0.3, 0.4) is 0 Å². The topological polar surface area (TPSA) is 38.9 Å². The molecule has 2 aromatic rings. The zero-order valence-corrected chi connectivity index (χ0v) is 9.39. The average molecular weight is 240 g/mol. The van der Waals surface area contributed by atoms with E-state index in [1.54, 1.807) is 6.20 Å². The lowest BCUT2D eigenvalue weighted by Gasteiger charge is -2.10. The van der Waals surface area contributed by atoms with E-state index in [-0.39, 0.29) is 5.56 Å². The predicted octanol–water partition coefficient (Wildman–Crippen LogP) is 2.78. The fraction of sp³-hybridized carbons (Fsp3) is 0.182. The second-order valence-electron chi connectivity index (χ2n) is 3.42. The molecular weight excluding hydrogens is 230 g/mol. The van der Waals surface area contributed by atoms with Crippen molar-refractivity contribution < 1.29 is 8.78 Å². The van der Waals surface area contributed by atoms with E-state index in [1.807, 2.05) is 6.92 Å². The molecule has 84 valence electrons. The highest BCUT2D eigenvalue weighted by atomic mass is 32.1. The van der Waals surface area contributed by atoms with Crippen molar-refractivity contribution in [1.29, 1.82) is 0 Å². The van der Waals surface area contributed by atoms with E-state index in [2.05, 4.69) is 4.98 Å². The summed E-state index contributed by atoms with van der Waals surface area (Å²) in [6.45, 7) is 1.87. The molecule has 2 rings (SSSR count). The summed E-state index contributed by atoms with van der Waals surface area (Å²) in [5.74, 6) is -1.28. The maximum Gasteiger partial charge on any atom is 0.131 e. The first-order valence-corrected chi connectivity index (χ1v) is 5.53. The average Bonchev–Trinajstić information content (AvgIpc) is 2.64. The van der Waals surface area contributed by atoms with Crippen LogP contribution in [0, 0.1) is 18.6 Å². The number of aromatic nitrogens is 1. The fourth-order valence-electron chi connectivity index (χ4n) is 1.45. The van der Waals surface area contributed by atoms with Gasteiger partial charge in [0.15, 0.2) is 0 Å². The van der Waals surface area contributed by atoms with E-state index in [1.165, 1.54) is 29.5 Å². The van der Waals surface area contributed by atoms with E-state index < -0.39 is 17.7 Å². The van der Waals surface area contributed by atoms with Gasteiger partial charge in [0, 0.05) is 16.6 Å². The highest BCUT2D eigenvalue weighted by Gasteiger charge is 2.20. The number of hydrogen-bond donors (Lipinski definition) is 1. The van der Waals surface area contributed by atoms with Gasteiger partial charge in [-0.25, -0.2) is 13.8 Å². The minimum atomic E-state index is -0.847. The van der Waals surface area contributed by atoms with Gasteiger partial charge in [0.2, 0.25) is 0 Å². The second kappa shape index (κ2) is 4.27. The zero-order valence-electron chi connectivity index (χ0n) is 8.58. The van der Waals surface area contributed by atoms with Gasteiger partial charge in [0.05, 0.1) is 6.04 Å². The summed E-state index contributed by atoms with van der Waals surface area (Å²) in [7, 11) is 0. The number of aryl methyl sites for hydroxylation is 1. The van der Waals surface area contributed by atoms with Gasteiger partial charge < -0.3 is 5.73 Å². The van der Waals surface area contributed by atoms with Crippen LogP contribution in [-0.4, -0.2) is 4.98 Å². The van der Waals surface area contributed by atoms with Crippen molar-refractivity contribution in [2.75, 3.05) is 0 Å². The van der Waals surface area contributed by atoms with Crippen molar-refractivity contribution in [3.05, 3.63) is 51.5 Å². The van der Waals surface area contributed by atoms with Crippen LogP contribution in [-0.2, 0) is 0 Å². The van der Waals surface area contributed by atoms with Crippen molar-refractivity contribution in [2.24, 2.45) is 5.73 Å². The molecule has 0 aliphatic rings. The van der Waals surface area contributed by atoms with Crippen LogP contribution >= 0.6 is 11.3 Å². The number of rotatable bonds is 2. The molecule has 0 saturated heterocycles. The minimum Gasteiger partial charge on any atom is -0.318 e. The molecule has 1 unspecified atom stereocenters. The molecule has 0 fully saturated rings. The van der Waals surface area contributed by atoms with E-state index in [4.69, 9.17) is 5.73 Å². The maximum atomic E-state index is 13.5. The van der Waals surface area contributed by atoms with E-state index in [9.17, 15) is 8.78 Å². The highest BCUT2D eigenvalue weighted by Crippen LogP contribution is 2.27. The van der Waals surface area contributed by atoms with Gasteiger partial charge >= 0.3 is 0 Å². The summed E-state index contributed by atoms with van der Waals surface area (Å²) in [5.41, 5.74) is 5.67. The van der Waals surface area contributed by atoms with Crippen LogP contribution in [0.15, 0.2) is 24.4 Å². The van der Waals surface area contributed by atoms with Gasteiger partial charge in [-0.1, -0.05) is 6.07 Å². The first-order chi connectivity index (χ1) is 7.59. The quantitative estimate of drug-likeness (QED) is 0.876. The van der Waals surface area contributed by atoms with Crippen LogP contribution in [0.4, 0.5) is 8.78 Å². The van der Waals surface area contributed by atoms with Crippen LogP contribution in [0.2, 0.25) is 0 Å². The van der Waals surface area contributed by atoms with Gasteiger partial charge in [0.25, 0.3) is 0 Å². The first kappa shape index (κ1) is 11.2. The summed E-state index contributed by atoms with van der Waals surface area (Å²) in [6, 6.07) is 2.85. The molecule has 0 saturated carbocycles. The first-order valence-electron chi connectivity index (χ1n) is 4.71. The molecule has 1 aromatic carbocycles. The number of halogens is 2. The van der Waals surface area contributed by atoms with Gasteiger partial charge in [-0.3, -0.25) is 0 Å². The maximum absolute atomic E-state index is 13.5. The smallest absolute Gasteiger partial charge is 0.131 e. The van der Waals surface area contributed by atoms with Crippen molar-refractivity contribution in [2.45, 2.75) is 13.0 Å². The van der Waals surface area contributed by atoms with E-state index >= 15 is 0 Å². The molecule has 0 aliphatic heterocycles. The Morgan fingerprint density at radius 3 is 2.44 bits per heavy atom. The number of nitrogens with two attached hydrogens (primary N) is 1.